The molecule has 0 unspecified atom stereocenters. The first-order chi connectivity index (χ1) is 13.0. The minimum Gasteiger partial charge on any atom is -0.493 e. The summed E-state index contributed by atoms with van der Waals surface area (Å²) in [6.45, 7) is 2.38. The molecule has 3 rings (SSSR count). The monoisotopic (exact) mass is 367 g/mol. The van der Waals surface area contributed by atoms with Crippen molar-refractivity contribution in [2.24, 2.45) is 0 Å². The molecule has 0 atom stereocenters. The van der Waals surface area contributed by atoms with Crippen LogP contribution in [0.4, 0.5) is 0 Å². The van der Waals surface area contributed by atoms with E-state index >= 15 is 0 Å². The Balaban J connectivity index is 2.08. The van der Waals surface area contributed by atoms with Crippen molar-refractivity contribution >= 4 is 16.9 Å². The van der Waals surface area contributed by atoms with Gasteiger partial charge in [0.2, 0.25) is 0 Å². The number of pyridine rings is 1. The van der Waals surface area contributed by atoms with Crippen LogP contribution in [-0.2, 0) is 11.3 Å². The van der Waals surface area contributed by atoms with Crippen LogP contribution in [0.25, 0.3) is 10.9 Å². The van der Waals surface area contributed by atoms with Crippen LogP contribution in [0.15, 0.2) is 42.5 Å². The molecule has 0 spiro atoms. The van der Waals surface area contributed by atoms with Crippen molar-refractivity contribution in [2.45, 2.75) is 13.5 Å². The van der Waals surface area contributed by atoms with Gasteiger partial charge in [-0.2, -0.15) is 0 Å². The zero-order valence-corrected chi connectivity index (χ0v) is 15.7. The van der Waals surface area contributed by atoms with E-state index in [1.807, 2.05) is 31.2 Å². The third kappa shape index (κ3) is 3.95. The van der Waals surface area contributed by atoms with E-state index in [-0.39, 0.29) is 5.69 Å². The van der Waals surface area contributed by atoms with Crippen molar-refractivity contribution in [3.05, 3.63) is 59.3 Å². The molecule has 0 fully saturated rings. The fourth-order valence-electron chi connectivity index (χ4n) is 2.81. The molecule has 0 radical (unpaired) electrons. The normalized spacial score (nSPS) is 10.5. The molecule has 0 aliphatic carbocycles. The standard InChI is InChI=1S/C21H21NO5/c1-13-6-5-7-14(8-13)12-27-18-11-17(21(23)26-4)22-16-10-20(25-3)19(24-2)9-15(16)18/h5-11H,12H2,1-4H3. The smallest absolute Gasteiger partial charge is 0.356 e. The maximum atomic E-state index is 12.0. The van der Waals surface area contributed by atoms with Gasteiger partial charge in [0.05, 0.1) is 26.8 Å². The van der Waals surface area contributed by atoms with Gasteiger partial charge in [-0.1, -0.05) is 29.8 Å². The Morgan fingerprint density at radius 2 is 1.70 bits per heavy atom. The van der Waals surface area contributed by atoms with Gasteiger partial charge in [0.25, 0.3) is 0 Å². The molecule has 0 saturated heterocycles. The lowest BCUT2D eigenvalue weighted by molar-refractivity contribution is 0.0594. The molecule has 27 heavy (non-hydrogen) atoms. The lowest BCUT2D eigenvalue weighted by Gasteiger charge is -2.14. The number of aryl methyl sites for hydroxylation is 1. The molecule has 3 aromatic rings. The first kappa shape index (κ1) is 18.5. The first-order valence-electron chi connectivity index (χ1n) is 8.39. The summed E-state index contributed by atoms with van der Waals surface area (Å²) in [5, 5.41) is 0.716. The van der Waals surface area contributed by atoms with Gasteiger partial charge in [-0.25, -0.2) is 9.78 Å². The number of hydrogen-bond donors (Lipinski definition) is 0. The number of esters is 1. The van der Waals surface area contributed by atoms with Crippen LogP contribution in [0.3, 0.4) is 0 Å². The van der Waals surface area contributed by atoms with Gasteiger partial charge < -0.3 is 18.9 Å². The SMILES string of the molecule is COC(=O)c1cc(OCc2cccc(C)c2)c2cc(OC)c(OC)cc2n1. The zero-order valence-electron chi connectivity index (χ0n) is 15.7. The highest BCUT2D eigenvalue weighted by atomic mass is 16.5. The van der Waals surface area contributed by atoms with E-state index in [2.05, 4.69) is 4.98 Å². The zero-order chi connectivity index (χ0) is 19.4. The van der Waals surface area contributed by atoms with Crippen LogP contribution >= 0.6 is 0 Å². The summed E-state index contributed by atoms with van der Waals surface area (Å²) < 4.78 is 21.5. The number of carbonyl (C=O) groups is 1. The molecule has 6 nitrogen and oxygen atoms in total. The van der Waals surface area contributed by atoms with Gasteiger partial charge in [0.15, 0.2) is 17.2 Å². The van der Waals surface area contributed by atoms with Gasteiger partial charge >= 0.3 is 5.97 Å². The minimum atomic E-state index is -0.535. The topological polar surface area (TPSA) is 66.9 Å². The number of carbonyl (C=O) groups excluding carboxylic acids is 1. The van der Waals surface area contributed by atoms with Crippen molar-refractivity contribution in [3.63, 3.8) is 0 Å². The number of rotatable bonds is 6. The summed E-state index contributed by atoms with van der Waals surface area (Å²) >= 11 is 0. The second kappa shape index (κ2) is 7.95. The summed E-state index contributed by atoms with van der Waals surface area (Å²) in [4.78, 5) is 16.4. The molecule has 2 aromatic carbocycles. The predicted octanol–water partition coefficient (Wildman–Crippen LogP) is 3.93. The van der Waals surface area contributed by atoms with Crippen molar-refractivity contribution in [3.8, 4) is 17.2 Å². The number of ether oxygens (including phenoxy) is 4. The van der Waals surface area contributed by atoms with Crippen LogP contribution in [0.2, 0.25) is 0 Å². The summed E-state index contributed by atoms with van der Waals surface area (Å²) in [5.41, 5.74) is 2.89. The van der Waals surface area contributed by atoms with Crippen LogP contribution in [0.5, 0.6) is 17.2 Å². The number of nitrogens with zero attached hydrogens (tertiary/aromatic N) is 1. The highest BCUT2D eigenvalue weighted by molar-refractivity contribution is 5.95. The predicted molar refractivity (Wildman–Crippen MR) is 102 cm³/mol. The molecule has 1 heterocycles. The number of methoxy groups -OCH3 is 3. The molecule has 140 valence electrons. The average Bonchev–Trinajstić information content (AvgIpc) is 2.70. The van der Waals surface area contributed by atoms with Crippen LogP contribution < -0.4 is 14.2 Å². The number of aromatic nitrogens is 1. The summed E-state index contributed by atoms with van der Waals surface area (Å²) in [6.07, 6.45) is 0. The lowest BCUT2D eigenvalue weighted by Crippen LogP contribution is -2.06. The lowest BCUT2D eigenvalue weighted by atomic mass is 10.1. The van der Waals surface area contributed by atoms with Gasteiger partial charge in [0, 0.05) is 17.5 Å². The third-order valence-corrected chi connectivity index (χ3v) is 4.15. The van der Waals surface area contributed by atoms with Gasteiger partial charge in [0.1, 0.15) is 12.4 Å². The maximum absolute atomic E-state index is 12.0. The molecule has 0 saturated carbocycles. The molecule has 0 aliphatic heterocycles. The van der Waals surface area contributed by atoms with Crippen LogP contribution in [-0.4, -0.2) is 32.3 Å². The number of benzene rings is 2. The molecule has 1 aromatic heterocycles. The quantitative estimate of drug-likeness (QED) is 0.615. The van der Waals surface area contributed by atoms with Gasteiger partial charge in [-0.3, -0.25) is 0 Å². The molecule has 0 bridgehead atoms. The number of hydrogen-bond acceptors (Lipinski definition) is 6. The Labute approximate surface area is 157 Å². The summed E-state index contributed by atoms with van der Waals surface area (Å²) in [7, 11) is 4.42. The highest BCUT2D eigenvalue weighted by Gasteiger charge is 2.16. The molecular formula is C21H21NO5. The van der Waals surface area contributed by atoms with E-state index in [9.17, 15) is 4.79 Å². The van der Waals surface area contributed by atoms with Crippen molar-refractivity contribution in [2.75, 3.05) is 21.3 Å². The molecular weight excluding hydrogens is 346 g/mol. The summed E-state index contributed by atoms with van der Waals surface area (Å²) in [6, 6.07) is 13.1. The van der Waals surface area contributed by atoms with Gasteiger partial charge in [-0.15, -0.1) is 0 Å². The van der Waals surface area contributed by atoms with Crippen LogP contribution in [0.1, 0.15) is 21.6 Å². The van der Waals surface area contributed by atoms with E-state index in [1.165, 1.54) is 7.11 Å². The fourth-order valence-corrected chi connectivity index (χ4v) is 2.81. The third-order valence-electron chi connectivity index (χ3n) is 4.15. The van der Waals surface area contributed by atoms with Crippen molar-refractivity contribution in [1.29, 1.82) is 0 Å². The average molecular weight is 367 g/mol. The van der Waals surface area contributed by atoms with Crippen molar-refractivity contribution < 1.29 is 23.7 Å². The largest absolute Gasteiger partial charge is 0.493 e. The fraction of sp³-hybridized carbons (Fsp3) is 0.238. The number of fused-ring (bicyclic) bond motifs is 1. The molecule has 0 N–H and O–H groups in total. The van der Waals surface area contributed by atoms with E-state index in [0.29, 0.717) is 34.8 Å². The minimum absolute atomic E-state index is 0.163. The van der Waals surface area contributed by atoms with E-state index in [4.69, 9.17) is 18.9 Å². The van der Waals surface area contributed by atoms with E-state index < -0.39 is 5.97 Å². The highest BCUT2D eigenvalue weighted by Crippen LogP contribution is 2.36. The van der Waals surface area contributed by atoms with Gasteiger partial charge in [-0.05, 0) is 18.6 Å². The molecule has 6 heteroatoms. The molecule has 0 aliphatic rings. The van der Waals surface area contributed by atoms with Crippen LogP contribution in [0, 0.1) is 6.92 Å². The Bertz CT molecular complexity index is 984. The summed E-state index contributed by atoms with van der Waals surface area (Å²) in [5.74, 6) is 1.05. The van der Waals surface area contributed by atoms with E-state index in [0.717, 1.165) is 11.1 Å². The second-order valence-corrected chi connectivity index (χ2v) is 6.00. The maximum Gasteiger partial charge on any atom is 0.356 e. The Hall–Kier alpha value is -3.28. The Kier molecular flexibility index (Phi) is 5.45. The second-order valence-electron chi connectivity index (χ2n) is 6.00. The Morgan fingerprint density at radius 1 is 0.963 bits per heavy atom. The van der Waals surface area contributed by atoms with Crippen molar-refractivity contribution in [1.82, 2.24) is 4.98 Å². The Morgan fingerprint density at radius 3 is 2.37 bits per heavy atom. The van der Waals surface area contributed by atoms with E-state index in [1.54, 1.807) is 32.4 Å². The molecule has 0 amide bonds. The first-order valence-corrected chi connectivity index (χ1v) is 8.39.